The molecular weight excluding hydrogens is 310 g/mol. The van der Waals surface area contributed by atoms with Crippen molar-refractivity contribution in [3.05, 3.63) is 58.4 Å². The first-order chi connectivity index (χ1) is 9.77. The van der Waals surface area contributed by atoms with Crippen molar-refractivity contribution in [2.45, 2.75) is 12.8 Å². The zero-order valence-corrected chi connectivity index (χ0v) is 11.3. The molecule has 0 fully saturated rings. The molecular formula is C14H10ClF4NO. The third-order valence-electron chi connectivity index (χ3n) is 2.73. The van der Waals surface area contributed by atoms with E-state index >= 15 is 0 Å². The average molecular weight is 320 g/mol. The van der Waals surface area contributed by atoms with Gasteiger partial charge in [0.05, 0.1) is 11.3 Å². The molecule has 2 rings (SSSR count). The smallest absolute Gasteiger partial charge is 0.416 e. The van der Waals surface area contributed by atoms with E-state index in [0.717, 1.165) is 18.2 Å². The number of nitrogen functional groups attached to an aromatic ring is 1. The van der Waals surface area contributed by atoms with Gasteiger partial charge in [0.1, 0.15) is 18.2 Å². The molecule has 2 aromatic rings. The summed E-state index contributed by atoms with van der Waals surface area (Å²) in [4.78, 5) is 0. The molecule has 2 nitrogen and oxygen atoms in total. The van der Waals surface area contributed by atoms with Crippen LogP contribution >= 0.6 is 11.6 Å². The van der Waals surface area contributed by atoms with Gasteiger partial charge in [0.15, 0.2) is 0 Å². The van der Waals surface area contributed by atoms with Gasteiger partial charge in [-0.25, -0.2) is 4.39 Å². The fourth-order valence-electron chi connectivity index (χ4n) is 1.67. The Morgan fingerprint density at radius 2 is 1.81 bits per heavy atom. The summed E-state index contributed by atoms with van der Waals surface area (Å²) in [5.41, 5.74) is 4.64. The second-order valence-corrected chi connectivity index (χ2v) is 4.71. The maximum Gasteiger partial charge on any atom is 0.416 e. The van der Waals surface area contributed by atoms with Crippen LogP contribution in [0.2, 0.25) is 5.02 Å². The molecule has 0 aromatic heterocycles. The van der Waals surface area contributed by atoms with Gasteiger partial charge in [0.25, 0.3) is 0 Å². The van der Waals surface area contributed by atoms with Crippen LogP contribution in [0.25, 0.3) is 0 Å². The van der Waals surface area contributed by atoms with Gasteiger partial charge in [-0.1, -0.05) is 11.6 Å². The van der Waals surface area contributed by atoms with Crippen molar-refractivity contribution in [3.63, 3.8) is 0 Å². The Bertz CT molecular complexity index is 658. The third-order valence-corrected chi connectivity index (χ3v) is 2.96. The molecule has 0 aliphatic rings. The predicted molar refractivity (Wildman–Crippen MR) is 71.6 cm³/mol. The number of nitrogens with two attached hydrogens (primary N) is 1. The van der Waals surface area contributed by atoms with Crippen LogP contribution in [0.3, 0.4) is 0 Å². The molecule has 112 valence electrons. The normalized spacial score (nSPS) is 11.5. The van der Waals surface area contributed by atoms with Gasteiger partial charge in [-0.05, 0) is 36.4 Å². The molecule has 0 aliphatic heterocycles. The lowest BCUT2D eigenvalue weighted by Gasteiger charge is -2.12. The number of anilines is 1. The number of hydrogen-bond acceptors (Lipinski definition) is 2. The average Bonchev–Trinajstić information content (AvgIpc) is 2.40. The quantitative estimate of drug-likeness (QED) is 0.659. The molecule has 0 amide bonds. The zero-order valence-electron chi connectivity index (χ0n) is 10.5. The van der Waals surface area contributed by atoms with Crippen LogP contribution in [-0.2, 0) is 12.8 Å². The third kappa shape index (κ3) is 3.78. The Balaban J connectivity index is 2.15. The summed E-state index contributed by atoms with van der Waals surface area (Å²) in [5, 5.41) is 0.329. The molecule has 0 unspecified atom stereocenters. The van der Waals surface area contributed by atoms with E-state index < -0.39 is 17.6 Å². The molecule has 0 atom stereocenters. The van der Waals surface area contributed by atoms with Crippen LogP contribution in [-0.4, -0.2) is 0 Å². The van der Waals surface area contributed by atoms with E-state index in [1.807, 2.05) is 0 Å². The Morgan fingerprint density at radius 3 is 2.43 bits per heavy atom. The summed E-state index contributed by atoms with van der Waals surface area (Å²) in [6, 6.07) is 6.64. The second-order valence-electron chi connectivity index (χ2n) is 4.27. The van der Waals surface area contributed by atoms with Gasteiger partial charge in [-0.2, -0.15) is 13.2 Å². The molecule has 0 saturated heterocycles. The van der Waals surface area contributed by atoms with Gasteiger partial charge < -0.3 is 10.5 Å². The lowest BCUT2D eigenvalue weighted by Crippen LogP contribution is -2.07. The van der Waals surface area contributed by atoms with E-state index in [2.05, 4.69) is 0 Å². The van der Waals surface area contributed by atoms with Crippen molar-refractivity contribution >= 4 is 17.3 Å². The first kappa shape index (κ1) is 15.4. The van der Waals surface area contributed by atoms with E-state index in [9.17, 15) is 17.6 Å². The summed E-state index contributed by atoms with van der Waals surface area (Å²) >= 11 is 5.73. The minimum absolute atomic E-state index is 0.0439. The highest BCUT2D eigenvalue weighted by molar-refractivity contribution is 6.30. The molecule has 0 aliphatic carbocycles. The minimum Gasteiger partial charge on any atom is -0.487 e. The van der Waals surface area contributed by atoms with Gasteiger partial charge in [-0.15, -0.1) is 0 Å². The minimum atomic E-state index is -4.48. The van der Waals surface area contributed by atoms with Gasteiger partial charge in [0, 0.05) is 10.6 Å². The maximum atomic E-state index is 13.5. The first-order valence-corrected chi connectivity index (χ1v) is 6.18. The second kappa shape index (κ2) is 5.81. The van der Waals surface area contributed by atoms with Crippen LogP contribution in [0, 0.1) is 5.82 Å². The predicted octanol–water partition coefficient (Wildman–Crippen LogP) is 4.66. The highest BCUT2D eigenvalue weighted by Gasteiger charge is 2.30. The van der Waals surface area contributed by atoms with Crippen molar-refractivity contribution in [1.29, 1.82) is 0 Å². The number of ether oxygens (including phenoxy) is 1. The Kier molecular flexibility index (Phi) is 4.27. The summed E-state index contributed by atoms with van der Waals surface area (Å²) < 4.78 is 56.2. The Labute approximate surface area is 123 Å². The molecule has 2 aromatic carbocycles. The summed E-state index contributed by atoms with van der Waals surface area (Å²) in [5.74, 6) is -0.479. The lowest BCUT2D eigenvalue weighted by molar-refractivity contribution is -0.137. The first-order valence-electron chi connectivity index (χ1n) is 5.81. The Hall–Kier alpha value is -1.95. The molecule has 0 heterocycles. The molecule has 21 heavy (non-hydrogen) atoms. The SMILES string of the molecule is Nc1cc(C(F)(F)F)ccc1OCc1cc(Cl)ccc1F. The van der Waals surface area contributed by atoms with Crippen molar-refractivity contribution in [1.82, 2.24) is 0 Å². The van der Waals surface area contributed by atoms with Crippen molar-refractivity contribution in [2.24, 2.45) is 0 Å². The largest absolute Gasteiger partial charge is 0.487 e. The molecule has 7 heteroatoms. The van der Waals surface area contributed by atoms with E-state index in [0.29, 0.717) is 5.02 Å². The van der Waals surface area contributed by atoms with E-state index in [1.54, 1.807) is 0 Å². The molecule has 0 bridgehead atoms. The highest BCUT2D eigenvalue weighted by Crippen LogP contribution is 2.34. The summed E-state index contributed by atoms with van der Waals surface area (Å²) in [6.45, 7) is -0.193. The number of rotatable bonds is 3. The van der Waals surface area contributed by atoms with Crippen LogP contribution in [0.15, 0.2) is 36.4 Å². The van der Waals surface area contributed by atoms with Crippen molar-refractivity contribution in [3.8, 4) is 5.75 Å². The number of halogens is 5. The van der Waals surface area contributed by atoms with Crippen molar-refractivity contribution in [2.75, 3.05) is 5.73 Å². The molecule has 0 spiro atoms. The van der Waals surface area contributed by atoms with Gasteiger partial charge in [-0.3, -0.25) is 0 Å². The Morgan fingerprint density at radius 1 is 1.10 bits per heavy atom. The number of benzene rings is 2. The van der Waals surface area contributed by atoms with Crippen molar-refractivity contribution < 1.29 is 22.3 Å². The monoisotopic (exact) mass is 319 g/mol. The molecule has 2 N–H and O–H groups in total. The number of alkyl halides is 3. The summed E-state index contributed by atoms with van der Waals surface area (Å²) in [7, 11) is 0. The zero-order chi connectivity index (χ0) is 15.6. The van der Waals surface area contributed by atoms with Crippen LogP contribution in [0.4, 0.5) is 23.2 Å². The fourth-order valence-corrected chi connectivity index (χ4v) is 1.86. The van der Waals surface area contributed by atoms with Gasteiger partial charge >= 0.3 is 6.18 Å². The van der Waals surface area contributed by atoms with E-state index in [4.69, 9.17) is 22.1 Å². The maximum absolute atomic E-state index is 13.5. The van der Waals surface area contributed by atoms with Gasteiger partial charge in [0.2, 0.25) is 0 Å². The van der Waals surface area contributed by atoms with Crippen LogP contribution < -0.4 is 10.5 Å². The lowest BCUT2D eigenvalue weighted by atomic mass is 10.2. The van der Waals surface area contributed by atoms with Crippen LogP contribution in [0.5, 0.6) is 5.75 Å². The highest BCUT2D eigenvalue weighted by atomic mass is 35.5. The fraction of sp³-hybridized carbons (Fsp3) is 0.143. The molecule has 0 radical (unpaired) electrons. The van der Waals surface area contributed by atoms with E-state index in [1.165, 1.54) is 18.2 Å². The standard InChI is InChI=1S/C14H10ClF4NO/c15-10-2-3-11(16)8(5-10)7-21-13-4-1-9(6-12(13)20)14(17,18)19/h1-6H,7,20H2. The molecule has 0 saturated carbocycles. The van der Waals surface area contributed by atoms with Crippen LogP contribution in [0.1, 0.15) is 11.1 Å². The topological polar surface area (TPSA) is 35.2 Å². The summed E-state index contributed by atoms with van der Waals surface area (Å²) in [6.07, 6.45) is -4.48. The number of hydrogen-bond donors (Lipinski definition) is 1. The van der Waals surface area contributed by atoms with E-state index in [-0.39, 0.29) is 23.6 Å².